The van der Waals surface area contributed by atoms with Crippen molar-refractivity contribution >= 4 is 23.8 Å². The van der Waals surface area contributed by atoms with Crippen LogP contribution in [0.3, 0.4) is 0 Å². The molecule has 0 bridgehead atoms. The topological polar surface area (TPSA) is 104 Å². The van der Waals surface area contributed by atoms with Gasteiger partial charge < -0.3 is 20.5 Å². The second-order valence-electron chi connectivity index (χ2n) is 7.35. The van der Waals surface area contributed by atoms with Gasteiger partial charge in [-0.1, -0.05) is 12.1 Å². The number of nitrogens with one attached hydrogen (secondary N) is 1. The molecule has 0 saturated heterocycles. The van der Waals surface area contributed by atoms with E-state index in [1.165, 1.54) is 22.9 Å². The fourth-order valence-electron chi connectivity index (χ4n) is 3.67. The number of rotatable bonds is 7. The third kappa shape index (κ3) is 4.67. The van der Waals surface area contributed by atoms with Crippen molar-refractivity contribution in [3.63, 3.8) is 0 Å². The molecule has 0 saturated carbocycles. The van der Waals surface area contributed by atoms with Crippen molar-refractivity contribution in [3.8, 4) is 22.7 Å². The van der Waals surface area contributed by atoms with Crippen molar-refractivity contribution in [1.29, 1.82) is 0 Å². The summed E-state index contributed by atoms with van der Waals surface area (Å²) in [5.41, 5.74) is 9.08. The van der Waals surface area contributed by atoms with E-state index < -0.39 is 12.8 Å². The van der Waals surface area contributed by atoms with E-state index >= 15 is 0 Å². The van der Waals surface area contributed by atoms with Gasteiger partial charge in [-0.15, -0.1) is 0 Å². The molecule has 2 aromatic heterocycles. The Morgan fingerprint density at radius 2 is 2.12 bits per heavy atom. The van der Waals surface area contributed by atoms with Gasteiger partial charge >= 0.3 is 6.61 Å². The Hall–Kier alpha value is -4.05. The number of pyridine rings is 2. The Morgan fingerprint density at radius 1 is 1.29 bits per heavy atom. The van der Waals surface area contributed by atoms with Crippen molar-refractivity contribution in [2.75, 3.05) is 24.7 Å². The van der Waals surface area contributed by atoms with E-state index in [4.69, 9.17) is 10.5 Å². The third-order valence-corrected chi connectivity index (χ3v) is 5.16. The number of nitrogens with two attached hydrogens (primary N) is 1. The lowest BCUT2D eigenvalue weighted by Gasteiger charge is -2.26. The zero-order valence-corrected chi connectivity index (χ0v) is 18.5. The first kappa shape index (κ1) is 23.1. The average molecular weight is 467 g/mol. The number of nitrogen functional groups attached to an aromatic ring is 1. The van der Waals surface area contributed by atoms with Gasteiger partial charge in [-0.05, 0) is 42.8 Å². The number of halogens is 2. The standard InChI is InChI=1S/C24H23F2N5O3/c1-3-33-21-8-5-15-11-18(14-4-7-19(27)16(10-14)12-28-2)23(32)31(22(15)30-21)17-6-9-20(29-13-17)34-24(25)26/h4-13,21,24,30H,3,27H2,1-2H3. The molecule has 4 rings (SSSR count). The molecule has 0 spiro atoms. The van der Waals surface area contributed by atoms with E-state index in [-0.39, 0.29) is 11.4 Å². The molecule has 0 radical (unpaired) electrons. The second-order valence-corrected chi connectivity index (χ2v) is 7.35. The molecule has 176 valence electrons. The highest BCUT2D eigenvalue weighted by atomic mass is 19.3. The molecule has 3 heterocycles. The second kappa shape index (κ2) is 9.84. The van der Waals surface area contributed by atoms with Gasteiger partial charge in [0.15, 0.2) is 0 Å². The number of aliphatic imine (C=N–C) groups is 1. The van der Waals surface area contributed by atoms with Crippen LogP contribution in [0.4, 0.5) is 20.3 Å². The molecule has 0 aliphatic carbocycles. The smallest absolute Gasteiger partial charge is 0.388 e. The number of benzene rings is 1. The van der Waals surface area contributed by atoms with Gasteiger partial charge in [0.1, 0.15) is 12.0 Å². The van der Waals surface area contributed by atoms with E-state index in [1.807, 2.05) is 19.1 Å². The first-order chi connectivity index (χ1) is 16.4. The average Bonchev–Trinajstić information content (AvgIpc) is 2.81. The minimum absolute atomic E-state index is 0.251. The lowest BCUT2D eigenvalue weighted by Crippen LogP contribution is -2.31. The van der Waals surface area contributed by atoms with E-state index in [9.17, 15) is 13.6 Å². The van der Waals surface area contributed by atoms with Crippen molar-refractivity contribution in [2.24, 2.45) is 4.99 Å². The largest absolute Gasteiger partial charge is 0.417 e. The monoisotopic (exact) mass is 467 g/mol. The lowest BCUT2D eigenvalue weighted by atomic mass is 10.0. The molecule has 0 fully saturated rings. The highest BCUT2D eigenvalue weighted by molar-refractivity contribution is 5.89. The fourth-order valence-corrected chi connectivity index (χ4v) is 3.67. The molecule has 34 heavy (non-hydrogen) atoms. The van der Waals surface area contributed by atoms with E-state index in [0.29, 0.717) is 40.5 Å². The number of alkyl halides is 2. The highest BCUT2D eigenvalue weighted by Gasteiger charge is 2.22. The van der Waals surface area contributed by atoms with Gasteiger partial charge in [-0.2, -0.15) is 8.78 Å². The molecule has 3 aromatic rings. The van der Waals surface area contributed by atoms with Crippen LogP contribution in [-0.4, -0.2) is 42.3 Å². The van der Waals surface area contributed by atoms with Gasteiger partial charge in [-0.25, -0.2) is 4.98 Å². The van der Waals surface area contributed by atoms with Gasteiger partial charge in [0.2, 0.25) is 5.88 Å². The van der Waals surface area contributed by atoms with Crippen LogP contribution in [0.5, 0.6) is 5.88 Å². The molecule has 10 heteroatoms. The SMILES string of the molecule is CCOC1C=Cc2cc(-c3ccc(N)c(C=NC)c3)c(=O)n(-c3ccc(OC(F)F)nc3)c2N1. The maximum absolute atomic E-state index is 13.7. The van der Waals surface area contributed by atoms with Gasteiger partial charge in [-0.3, -0.25) is 14.4 Å². The van der Waals surface area contributed by atoms with Gasteiger partial charge in [0.05, 0.1) is 11.9 Å². The maximum atomic E-state index is 13.7. The summed E-state index contributed by atoms with van der Waals surface area (Å²) in [5, 5.41) is 3.21. The number of anilines is 2. The number of hydrogen-bond donors (Lipinski definition) is 2. The predicted molar refractivity (Wildman–Crippen MR) is 128 cm³/mol. The van der Waals surface area contributed by atoms with Gasteiger partial charge in [0.25, 0.3) is 5.56 Å². The van der Waals surface area contributed by atoms with Crippen molar-refractivity contribution < 1.29 is 18.3 Å². The highest BCUT2D eigenvalue weighted by Crippen LogP contribution is 2.30. The molecule has 1 aliphatic heterocycles. The van der Waals surface area contributed by atoms with E-state index in [2.05, 4.69) is 20.0 Å². The molecule has 1 aromatic carbocycles. The zero-order chi connectivity index (χ0) is 24.2. The molecule has 0 amide bonds. The summed E-state index contributed by atoms with van der Waals surface area (Å²) in [6.07, 6.45) is 6.19. The summed E-state index contributed by atoms with van der Waals surface area (Å²) in [4.78, 5) is 21.7. The van der Waals surface area contributed by atoms with Crippen LogP contribution in [0.25, 0.3) is 22.9 Å². The normalized spacial score (nSPS) is 14.9. The fraction of sp³-hybridized carbons (Fsp3) is 0.208. The number of ether oxygens (including phenoxy) is 2. The lowest BCUT2D eigenvalue weighted by molar-refractivity contribution is -0.0528. The molecule has 3 N–H and O–H groups in total. The van der Waals surface area contributed by atoms with Crippen LogP contribution in [-0.2, 0) is 4.74 Å². The third-order valence-electron chi connectivity index (χ3n) is 5.16. The van der Waals surface area contributed by atoms with Crippen LogP contribution in [0.2, 0.25) is 0 Å². The van der Waals surface area contributed by atoms with Crippen LogP contribution >= 0.6 is 0 Å². The predicted octanol–water partition coefficient (Wildman–Crippen LogP) is 3.93. The number of aromatic nitrogens is 2. The quantitative estimate of drug-likeness (QED) is 0.403. The first-order valence-corrected chi connectivity index (χ1v) is 10.5. The van der Waals surface area contributed by atoms with Crippen molar-refractivity contribution in [1.82, 2.24) is 9.55 Å². The summed E-state index contributed by atoms with van der Waals surface area (Å²) in [6.45, 7) is -0.665. The van der Waals surface area contributed by atoms with Crippen LogP contribution in [0.15, 0.2) is 58.5 Å². The maximum Gasteiger partial charge on any atom is 0.388 e. The first-order valence-electron chi connectivity index (χ1n) is 10.5. The summed E-state index contributed by atoms with van der Waals surface area (Å²) < 4.78 is 36.5. The number of fused-ring (bicyclic) bond motifs is 1. The van der Waals surface area contributed by atoms with Crippen molar-refractivity contribution in [3.05, 3.63) is 70.2 Å². The summed E-state index contributed by atoms with van der Waals surface area (Å²) in [6, 6.07) is 9.81. The molecule has 1 aliphatic rings. The zero-order valence-electron chi connectivity index (χ0n) is 18.5. The molecule has 8 nitrogen and oxygen atoms in total. The summed E-state index contributed by atoms with van der Waals surface area (Å²) in [5.74, 6) is 0.240. The van der Waals surface area contributed by atoms with Crippen molar-refractivity contribution in [2.45, 2.75) is 19.8 Å². The van der Waals surface area contributed by atoms with E-state index in [0.717, 1.165) is 5.56 Å². The van der Waals surface area contributed by atoms with Crippen LogP contribution in [0, 0.1) is 0 Å². The Kier molecular flexibility index (Phi) is 6.69. The number of nitrogens with zero attached hydrogens (tertiary/aromatic N) is 3. The van der Waals surface area contributed by atoms with E-state index in [1.54, 1.807) is 37.5 Å². The minimum Gasteiger partial charge on any atom is -0.417 e. The molecule has 1 atom stereocenters. The Balaban J connectivity index is 1.90. The number of hydrogen-bond acceptors (Lipinski definition) is 7. The van der Waals surface area contributed by atoms with Crippen LogP contribution in [0.1, 0.15) is 18.1 Å². The minimum atomic E-state index is -3.00. The summed E-state index contributed by atoms with van der Waals surface area (Å²) in [7, 11) is 1.64. The van der Waals surface area contributed by atoms with Crippen LogP contribution < -0.4 is 21.3 Å². The molecular formula is C24H23F2N5O3. The molecular weight excluding hydrogens is 444 g/mol. The summed E-state index contributed by atoms with van der Waals surface area (Å²) >= 11 is 0. The van der Waals surface area contributed by atoms with Gasteiger partial charge in [0, 0.05) is 48.3 Å². The Bertz CT molecular complexity index is 1300. The molecule has 1 unspecified atom stereocenters. The Labute approximate surface area is 194 Å². The Morgan fingerprint density at radius 3 is 2.79 bits per heavy atom.